The van der Waals surface area contributed by atoms with Gasteiger partial charge in [-0.3, -0.25) is 9.35 Å². The fraction of sp³-hybridized carbons (Fsp3) is 0.556. The second-order valence-corrected chi connectivity index (χ2v) is 12.3. The van der Waals surface area contributed by atoms with Crippen molar-refractivity contribution in [3.63, 3.8) is 0 Å². The molecule has 1 fully saturated rings. The standard InChI is InChI=1S/C18H18F3I3O7S/c19-18(20,21)14(8-32(27,28)29)31-15(25)4-9-2-1-3-10(9)7-30-17(26)12-5-11(22)6-13(23)16(12)24/h5-6,9-10,14H,1-4,7-8H2,(H,27,28,29). The molecule has 1 aromatic carbocycles. The third kappa shape index (κ3) is 8.68. The molecule has 0 amide bonds. The maximum atomic E-state index is 12.9. The van der Waals surface area contributed by atoms with Crippen LogP contribution in [0.1, 0.15) is 36.0 Å². The van der Waals surface area contributed by atoms with Crippen molar-refractivity contribution in [3.8, 4) is 0 Å². The Bertz CT molecular complexity index is 969. The lowest BCUT2D eigenvalue weighted by atomic mass is 9.93. The predicted octanol–water partition coefficient (Wildman–Crippen LogP) is 4.83. The number of alkyl halides is 3. The molecule has 0 aliphatic heterocycles. The smallest absolute Gasteiger partial charge is 0.426 e. The Hall–Kier alpha value is 0.0500. The molecule has 3 atom stereocenters. The zero-order valence-electron chi connectivity index (χ0n) is 16.2. The lowest BCUT2D eigenvalue weighted by Crippen LogP contribution is -2.40. The van der Waals surface area contributed by atoms with Gasteiger partial charge in [0.25, 0.3) is 10.1 Å². The van der Waals surface area contributed by atoms with Crippen LogP contribution in [0.25, 0.3) is 0 Å². The quantitative estimate of drug-likeness (QED) is 0.174. The molecule has 0 heterocycles. The largest absolute Gasteiger partial charge is 0.462 e. The van der Waals surface area contributed by atoms with Crippen molar-refractivity contribution >= 4 is 89.8 Å². The Labute approximate surface area is 223 Å². The third-order valence-electron chi connectivity index (χ3n) is 4.89. The van der Waals surface area contributed by atoms with Crippen LogP contribution in [0.15, 0.2) is 12.1 Å². The molecule has 3 unspecified atom stereocenters. The molecule has 0 bridgehead atoms. The molecule has 2 rings (SSSR count). The van der Waals surface area contributed by atoms with Gasteiger partial charge in [-0.05, 0) is 105 Å². The summed E-state index contributed by atoms with van der Waals surface area (Å²) in [6, 6.07) is 3.61. The van der Waals surface area contributed by atoms with Crippen LogP contribution in [0, 0.1) is 22.5 Å². The van der Waals surface area contributed by atoms with Gasteiger partial charge >= 0.3 is 18.1 Å². The molecule has 1 aromatic rings. The van der Waals surface area contributed by atoms with Crippen molar-refractivity contribution in [2.45, 2.75) is 38.0 Å². The fourth-order valence-corrected chi connectivity index (χ4v) is 6.39. The molecular formula is C18H18F3I3O7S. The van der Waals surface area contributed by atoms with Crippen LogP contribution in [-0.2, 0) is 24.4 Å². The van der Waals surface area contributed by atoms with E-state index in [1.54, 1.807) is 6.07 Å². The van der Waals surface area contributed by atoms with Gasteiger partial charge in [0.1, 0.15) is 5.75 Å². The first-order valence-electron chi connectivity index (χ1n) is 9.20. The lowest BCUT2D eigenvalue weighted by molar-refractivity contribution is -0.215. The number of hydrogen-bond donors (Lipinski definition) is 1. The summed E-state index contributed by atoms with van der Waals surface area (Å²) < 4.78 is 81.4. The van der Waals surface area contributed by atoms with Gasteiger partial charge in [0.05, 0.1) is 12.2 Å². The SMILES string of the molecule is O=C(CC1CCCC1COC(=O)c1cc(I)cc(I)c1I)OC(CS(=O)(=O)O)C(F)(F)F. The van der Waals surface area contributed by atoms with E-state index in [1.165, 1.54) is 0 Å². The van der Waals surface area contributed by atoms with Gasteiger partial charge in [-0.2, -0.15) is 21.6 Å². The van der Waals surface area contributed by atoms with Crippen LogP contribution < -0.4 is 0 Å². The lowest BCUT2D eigenvalue weighted by Gasteiger charge is -2.22. The normalized spacial score (nSPS) is 20.1. The summed E-state index contributed by atoms with van der Waals surface area (Å²) in [5.74, 6) is -4.12. The first-order chi connectivity index (χ1) is 14.7. The summed E-state index contributed by atoms with van der Waals surface area (Å²) in [7, 11) is -5.00. The molecular weight excluding hydrogens is 798 g/mol. The van der Waals surface area contributed by atoms with Gasteiger partial charge in [-0.25, -0.2) is 4.79 Å². The Balaban J connectivity index is 1.97. The number of carbonyl (C=O) groups excluding carboxylic acids is 2. The summed E-state index contributed by atoms with van der Waals surface area (Å²) >= 11 is 6.24. The third-order valence-corrected chi connectivity index (χ3v) is 9.28. The number of benzene rings is 1. The highest BCUT2D eigenvalue weighted by Crippen LogP contribution is 2.35. The van der Waals surface area contributed by atoms with E-state index in [9.17, 15) is 31.2 Å². The second kappa shape index (κ2) is 11.7. The topological polar surface area (TPSA) is 107 Å². The average molecular weight is 816 g/mol. The van der Waals surface area contributed by atoms with E-state index in [0.29, 0.717) is 24.8 Å². The van der Waals surface area contributed by atoms with Gasteiger partial charge in [0.2, 0.25) is 6.10 Å². The van der Waals surface area contributed by atoms with Crippen LogP contribution in [0.4, 0.5) is 13.2 Å². The zero-order chi connectivity index (χ0) is 24.3. The molecule has 0 saturated heterocycles. The Morgan fingerprint density at radius 1 is 1.16 bits per heavy atom. The molecule has 14 heteroatoms. The molecule has 0 aromatic heterocycles. The molecule has 7 nitrogen and oxygen atoms in total. The summed E-state index contributed by atoms with van der Waals surface area (Å²) in [5.41, 5.74) is 0.411. The summed E-state index contributed by atoms with van der Waals surface area (Å²) in [6.45, 7) is 0.00261. The van der Waals surface area contributed by atoms with Gasteiger partial charge in [0, 0.05) is 17.1 Å². The molecule has 1 saturated carbocycles. The van der Waals surface area contributed by atoms with Gasteiger partial charge in [0.15, 0.2) is 0 Å². The number of hydrogen-bond acceptors (Lipinski definition) is 6. The van der Waals surface area contributed by atoms with Gasteiger partial charge in [-0.15, -0.1) is 0 Å². The van der Waals surface area contributed by atoms with Gasteiger partial charge < -0.3 is 9.47 Å². The van der Waals surface area contributed by atoms with Crippen LogP contribution in [0.5, 0.6) is 0 Å². The number of esters is 2. The number of halogens is 6. The van der Waals surface area contributed by atoms with E-state index in [1.807, 2.05) is 28.7 Å². The minimum absolute atomic E-state index is 0.00261. The van der Waals surface area contributed by atoms with Crippen LogP contribution in [0.3, 0.4) is 0 Å². The summed E-state index contributed by atoms with van der Waals surface area (Å²) in [6.07, 6.45) is -6.61. The maximum absolute atomic E-state index is 12.9. The number of ether oxygens (including phenoxy) is 2. The molecule has 1 aliphatic rings. The molecule has 32 heavy (non-hydrogen) atoms. The predicted molar refractivity (Wildman–Crippen MR) is 133 cm³/mol. The van der Waals surface area contributed by atoms with Crippen LogP contribution in [0.2, 0.25) is 0 Å². The van der Waals surface area contributed by atoms with E-state index < -0.39 is 40.1 Å². The Morgan fingerprint density at radius 3 is 2.38 bits per heavy atom. The minimum atomic E-state index is -5.14. The van der Waals surface area contributed by atoms with Crippen molar-refractivity contribution in [1.29, 1.82) is 0 Å². The second-order valence-electron chi connectivity index (χ2n) is 7.27. The first kappa shape index (κ1) is 28.3. The van der Waals surface area contributed by atoms with Crippen molar-refractivity contribution in [1.82, 2.24) is 0 Å². The minimum Gasteiger partial charge on any atom is -0.462 e. The first-order valence-corrected chi connectivity index (χ1v) is 14.0. The molecule has 1 aliphatic carbocycles. The van der Waals surface area contributed by atoms with E-state index in [2.05, 4.69) is 49.9 Å². The monoisotopic (exact) mass is 816 g/mol. The molecule has 1 N–H and O–H groups in total. The van der Waals surface area contributed by atoms with Crippen molar-refractivity contribution in [2.75, 3.05) is 12.4 Å². The van der Waals surface area contributed by atoms with Gasteiger partial charge in [-0.1, -0.05) is 6.42 Å². The number of carbonyl (C=O) groups is 2. The van der Waals surface area contributed by atoms with E-state index in [0.717, 1.165) is 10.7 Å². The van der Waals surface area contributed by atoms with E-state index >= 15 is 0 Å². The highest BCUT2D eigenvalue weighted by Gasteiger charge is 2.46. The number of rotatable bonds is 8. The van der Waals surface area contributed by atoms with Crippen LogP contribution >= 0.6 is 67.8 Å². The van der Waals surface area contributed by atoms with E-state index in [4.69, 9.17) is 9.29 Å². The fourth-order valence-electron chi connectivity index (χ4n) is 3.37. The Kier molecular flexibility index (Phi) is 10.3. The van der Waals surface area contributed by atoms with Crippen molar-refractivity contribution in [2.24, 2.45) is 11.8 Å². The summed E-state index contributed by atoms with van der Waals surface area (Å²) in [5, 5.41) is 0. The molecule has 180 valence electrons. The molecule has 0 radical (unpaired) electrons. The van der Waals surface area contributed by atoms with E-state index in [-0.39, 0.29) is 24.9 Å². The maximum Gasteiger partial charge on any atom is 0.426 e. The summed E-state index contributed by atoms with van der Waals surface area (Å²) in [4.78, 5) is 24.6. The average Bonchev–Trinajstić information content (AvgIpc) is 3.07. The highest BCUT2D eigenvalue weighted by molar-refractivity contribution is 14.1. The molecule has 0 spiro atoms. The Morgan fingerprint density at radius 2 is 1.78 bits per heavy atom. The highest BCUT2D eigenvalue weighted by atomic mass is 127. The van der Waals surface area contributed by atoms with Crippen molar-refractivity contribution < 1.29 is 45.2 Å². The van der Waals surface area contributed by atoms with Crippen molar-refractivity contribution in [3.05, 3.63) is 28.4 Å². The zero-order valence-corrected chi connectivity index (χ0v) is 23.5. The van der Waals surface area contributed by atoms with Crippen LogP contribution in [-0.4, -0.2) is 49.5 Å².